The largest absolute Gasteiger partial charge is 0.494 e. The van der Waals surface area contributed by atoms with Crippen LogP contribution in [-0.2, 0) is 22.5 Å². The Morgan fingerprint density at radius 1 is 0.900 bits per heavy atom. The van der Waals surface area contributed by atoms with Gasteiger partial charge in [-0.05, 0) is 48.2 Å². The van der Waals surface area contributed by atoms with E-state index in [-0.39, 0.29) is 11.9 Å². The Hall–Kier alpha value is -2.86. The van der Waals surface area contributed by atoms with Gasteiger partial charge in [-0.1, -0.05) is 50.5 Å². The van der Waals surface area contributed by atoms with Gasteiger partial charge in [0.2, 0.25) is 5.91 Å². The van der Waals surface area contributed by atoms with Crippen molar-refractivity contribution in [1.82, 2.24) is 10.9 Å². The van der Waals surface area contributed by atoms with Crippen LogP contribution >= 0.6 is 0 Å². The molecule has 2 aromatic rings. The van der Waals surface area contributed by atoms with E-state index < -0.39 is 0 Å². The van der Waals surface area contributed by atoms with E-state index in [0.29, 0.717) is 24.9 Å². The number of amides is 1. The molecule has 162 valence electrons. The van der Waals surface area contributed by atoms with E-state index >= 15 is 0 Å². The van der Waals surface area contributed by atoms with E-state index in [1.165, 1.54) is 26.4 Å². The van der Waals surface area contributed by atoms with E-state index in [9.17, 15) is 9.59 Å². The number of hydrogen-bond donors (Lipinski definition) is 2. The predicted octanol–water partition coefficient (Wildman–Crippen LogP) is 4.19. The van der Waals surface area contributed by atoms with Crippen molar-refractivity contribution in [3.63, 3.8) is 0 Å². The maximum atomic E-state index is 12.0. The summed E-state index contributed by atoms with van der Waals surface area (Å²) in [6, 6.07) is 15.0. The van der Waals surface area contributed by atoms with Crippen LogP contribution in [0.25, 0.3) is 0 Å². The number of rotatable bonds is 13. The van der Waals surface area contributed by atoms with Crippen molar-refractivity contribution >= 4 is 11.9 Å². The standard InChI is InChI=1S/C24H32N2O4/c1-3-4-5-6-17-30-22-14-9-19(10-15-22)11-16-23(27)26-25-18-20-7-12-21(13-8-20)24(28)29-2/h7-10,12-15,25H,3-6,11,16-18H2,1-2H3,(H,26,27). The van der Waals surface area contributed by atoms with E-state index in [1.54, 1.807) is 12.1 Å². The second-order valence-corrected chi connectivity index (χ2v) is 7.14. The van der Waals surface area contributed by atoms with Gasteiger partial charge in [-0.25, -0.2) is 10.2 Å². The van der Waals surface area contributed by atoms with Gasteiger partial charge in [-0.15, -0.1) is 0 Å². The van der Waals surface area contributed by atoms with E-state index in [1.807, 2.05) is 36.4 Å². The van der Waals surface area contributed by atoms with Crippen LogP contribution in [0.4, 0.5) is 0 Å². The van der Waals surface area contributed by atoms with Gasteiger partial charge >= 0.3 is 5.97 Å². The van der Waals surface area contributed by atoms with Crippen LogP contribution in [0.3, 0.4) is 0 Å². The van der Waals surface area contributed by atoms with Gasteiger partial charge in [0.25, 0.3) is 0 Å². The lowest BCUT2D eigenvalue weighted by Crippen LogP contribution is -2.36. The van der Waals surface area contributed by atoms with Gasteiger partial charge < -0.3 is 9.47 Å². The van der Waals surface area contributed by atoms with Gasteiger partial charge in [-0.2, -0.15) is 0 Å². The normalized spacial score (nSPS) is 10.5. The molecule has 0 saturated carbocycles. The summed E-state index contributed by atoms with van der Waals surface area (Å²) >= 11 is 0. The van der Waals surface area contributed by atoms with Gasteiger partial charge in [-0.3, -0.25) is 10.2 Å². The molecule has 0 bridgehead atoms. The van der Waals surface area contributed by atoms with Crippen molar-refractivity contribution in [2.75, 3.05) is 13.7 Å². The molecule has 6 nitrogen and oxygen atoms in total. The number of hydrogen-bond acceptors (Lipinski definition) is 5. The summed E-state index contributed by atoms with van der Waals surface area (Å²) in [7, 11) is 1.35. The molecule has 0 spiro atoms. The SMILES string of the molecule is CCCCCCOc1ccc(CCC(=O)NNCc2ccc(C(=O)OC)cc2)cc1. The molecule has 0 saturated heterocycles. The maximum absolute atomic E-state index is 12.0. The Bertz CT molecular complexity index is 773. The number of methoxy groups -OCH3 is 1. The van der Waals surface area contributed by atoms with Gasteiger partial charge in [0.1, 0.15) is 5.75 Å². The quantitative estimate of drug-likeness (QED) is 0.293. The molecule has 2 N–H and O–H groups in total. The molecular weight excluding hydrogens is 380 g/mol. The number of esters is 1. The second kappa shape index (κ2) is 13.4. The van der Waals surface area contributed by atoms with E-state index in [0.717, 1.165) is 29.9 Å². The zero-order valence-corrected chi connectivity index (χ0v) is 17.9. The molecule has 0 aromatic heterocycles. The first kappa shape index (κ1) is 23.4. The zero-order chi connectivity index (χ0) is 21.6. The van der Waals surface area contributed by atoms with Crippen molar-refractivity contribution in [3.05, 3.63) is 65.2 Å². The van der Waals surface area contributed by atoms with Crippen molar-refractivity contribution in [3.8, 4) is 5.75 Å². The minimum atomic E-state index is -0.366. The summed E-state index contributed by atoms with van der Waals surface area (Å²) in [6.07, 6.45) is 5.82. The molecule has 0 fully saturated rings. The fraction of sp³-hybridized carbons (Fsp3) is 0.417. The Balaban J connectivity index is 1.63. The molecule has 0 unspecified atom stereocenters. The molecule has 0 heterocycles. The summed E-state index contributed by atoms with van der Waals surface area (Å²) in [4.78, 5) is 23.4. The third-order valence-corrected chi connectivity index (χ3v) is 4.73. The number of carbonyl (C=O) groups excluding carboxylic acids is 2. The summed E-state index contributed by atoms with van der Waals surface area (Å²) in [6.45, 7) is 3.42. The number of ether oxygens (including phenoxy) is 2. The third kappa shape index (κ3) is 8.66. The van der Waals surface area contributed by atoms with Crippen LogP contribution in [0.5, 0.6) is 5.75 Å². The van der Waals surface area contributed by atoms with Crippen LogP contribution in [0.1, 0.15) is 60.5 Å². The Morgan fingerprint density at radius 3 is 2.27 bits per heavy atom. The highest BCUT2D eigenvalue weighted by molar-refractivity contribution is 5.89. The lowest BCUT2D eigenvalue weighted by atomic mass is 10.1. The van der Waals surface area contributed by atoms with Gasteiger partial charge in [0.15, 0.2) is 0 Å². The summed E-state index contributed by atoms with van der Waals surface area (Å²) < 4.78 is 10.4. The predicted molar refractivity (Wildman–Crippen MR) is 117 cm³/mol. The molecular formula is C24H32N2O4. The van der Waals surface area contributed by atoms with Crippen molar-refractivity contribution < 1.29 is 19.1 Å². The summed E-state index contributed by atoms with van der Waals surface area (Å²) in [5.74, 6) is 0.436. The van der Waals surface area contributed by atoms with Crippen molar-refractivity contribution in [1.29, 1.82) is 0 Å². The molecule has 2 rings (SSSR count). The molecule has 0 atom stereocenters. The molecule has 1 amide bonds. The van der Waals surface area contributed by atoms with Crippen molar-refractivity contribution in [2.45, 2.75) is 52.0 Å². The Kier molecular flexibility index (Phi) is 10.4. The molecule has 30 heavy (non-hydrogen) atoms. The summed E-state index contributed by atoms with van der Waals surface area (Å²) in [5.41, 5.74) is 8.16. The highest BCUT2D eigenvalue weighted by atomic mass is 16.5. The number of unbranched alkanes of at least 4 members (excludes halogenated alkanes) is 3. The Morgan fingerprint density at radius 2 is 1.60 bits per heavy atom. The minimum Gasteiger partial charge on any atom is -0.494 e. The Labute approximate surface area is 178 Å². The molecule has 0 aliphatic rings. The topological polar surface area (TPSA) is 76.7 Å². The number of benzene rings is 2. The van der Waals surface area contributed by atoms with Gasteiger partial charge in [0, 0.05) is 13.0 Å². The first-order valence-electron chi connectivity index (χ1n) is 10.5. The molecule has 2 aromatic carbocycles. The lowest BCUT2D eigenvalue weighted by molar-refractivity contribution is -0.122. The number of aryl methyl sites for hydroxylation is 1. The summed E-state index contributed by atoms with van der Waals surface area (Å²) in [5, 5.41) is 0. The highest BCUT2D eigenvalue weighted by Gasteiger charge is 2.05. The molecule has 0 aliphatic carbocycles. The van der Waals surface area contributed by atoms with Gasteiger partial charge in [0.05, 0.1) is 19.3 Å². The van der Waals surface area contributed by atoms with Crippen LogP contribution in [0, 0.1) is 0 Å². The molecule has 0 radical (unpaired) electrons. The van der Waals surface area contributed by atoms with E-state index in [4.69, 9.17) is 4.74 Å². The highest BCUT2D eigenvalue weighted by Crippen LogP contribution is 2.14. The fourth-order valence-corrected chi connectivity index (χ4v) is 2.91. The minimum absolute atomic E-state index is 0.0718. The molecule has 6 heteroatoms. The lowest BCUT2D eigenvalue weighted by Gasteiger charge is -2.09. The number of hydrazine groups is 1. The van der Waals surface area contributed by atoms with Crippen molar-refractivity contribution in [2.24, 2.45) is 0 Å². The first-order valence-corrected chi connectivity index (χ1v) is 10.5. The number of carbonyl (C=O) groups is 2. The van der Waals surface area contributed by atoms with Crippen LogP contribution in [0.2, 0.25) is 0 Å². The van der Waals surface area contributed by atoms with Crippen LogP contribution in [-0.4, -0.2) is 25.6 Å². The smallest absolute Gasteiger partial charge is 0.337 e. The monoisotopic (exact) mass is 412 g/mol. The number of nitrogens with one attached hydrogen (secondary N) is 2. The average molecular weight is 413 g/mol. The maximum Gasteiger partial charge on any atom is 0.337 e. The molecule has 0 aliphatic heterocycles. The first-order chi connectivity index (χ1) is 14.6. The van der Waals surface area contributed by atoms with Crippen LogP contribution in [0.15, 0.2) is 48.5 Å². The zero-order valence-electron chi connectivity index (χ0n) is 17.9. The second-order valence-electron chi connectivity index (χ2n) is 7.14. The van der Waals surface area contributed by atoms with E-state index in [2.05, 4.69) is 22.5 Å². The average Bonchev–Trinajstić information content (AvgIpc) is 2.78. The third-order valence-electron chi connectivity index (χ3n) is 4.73. The van der Waals surface area contributed by atoms with Crippen LogP contribution < -0.4 is 15.6 Å². The fourth-order valence-electron chi connectivity index (χ4n) is 2.91.